The molecular formula is C14H19NO2. The maximum Gasteiger partial charge on any atom is 0.335 e. The number of hydrogen-bond acceptors (Lipinski definition) is 2. The van der Waals surface area contributed by atoms with Crippen molar-refractivity contribution in [2.75, 3.05) is 6.54 Å². The standard InChI is InChI=1S/C14H19NO2/c1-11-5-2-3-8-15(11)10-12-6-4-7-13(9-12)14(16)17/h4,6-7,9,11H,2-3,5,8,10H2,1H3,(H,16,17)/t11-/m1/s1. The zero-order valence-electron chi connectivity index (χ0n) is 10.2. The van der Waals surface area contributed by atoms with Crippen LogP contribution in [0.25, 0.3) is 0 Å². The van der Waals surface area contributed by atoms with Gasteiger partial charge >= 0.3 is 5.97 Å². The average molecular weight is 233 g/mol. The summed E-state index contributed by atoms with van der Waals surface area (Å²) in [5.74, 6) is -0.849. The Morgan fingerprint density at radius 1 is 1.47 bits per heavy atom. The molecule has 0 aliphatic carbocycles. The molecule has 1 fully saturated rings. The molecule has 0 unspecified atom stereocenters. The third-order valence-electron chi connectivity index (χ3n) is 3.50. The molecule has 0 saturated carbocycles. The van der Waals surface area contributed by atoms with Crippen LogP contribution in [0.3, 0.4) is 0 Å². The molecule has 1 aliphatic heterocycles. The Morgan fingerprint density at radius 3 is 3.00 bits per heavy atom. The van der Waals surface area contributed by atoms with Crippen LogP contribution >= 0.6 is 0 Å². The molecule has 3 heteroatoms. The van der Waals surface area contributed by atoms with Gasteiger partial charge in [0.2, 0.25) is 0 Å². The van der Waals surface area contributed by atoms with Crippen molar-refractivity contribution in [3.8, 4) is 0 Å². The zero-order chi connectivity index (χ0) is 12.3. The highest BCUT2D eigenvalue weighted by Gasteiger charge is 2.18. The molecule has 1 aromatic rings. The summed E-state index contributed by atoms with van der Waals surface area (Å²) in [5, 5.41) is 8.95. The number of aromatic carboxylic acids is 1. The quantitative estimate of drug-likeness (QED) is 0.872. The minimum absolute atomic E-state index is 0.382. The van der Waals surface area contributed by atoms with Crippen molar-refractivity contribution in [3.63, 3.8) is 0 Å². The molecule has 1 atom stereocenters. The Hall–Kier alpha value is -1.35. The lowest BCUT2D eigenvalue weighted by Gasteiger charge is -2.33. The van der Waals surface area contributed by atoms with E-state index in [-0.39, 0.29) is 0 Å². The van der Waals surface area contributed by atoms with Gasteiger partial charge in [0.25, 0.3) is 0 Å². The van der Waals surface area contributed by atoms with Gasteiger partial charge in [-0.1, -0.05) is 18.6 Å². The number of benzene rings is 1. The van der Waals surface area contributed by atoms with E-state index in [1.54, 1.807) is 12.1 Å². The molecule has 1 saturated heterocycles. The lowest BCUT2D eigenvalue weighted by Crippen LogP contribution is -2.36. The van der Waals surface area contributed by atoms with Crippen LogP contribution in [-0.2, 0) is 6.54 Å². The Bertz CT molecular complexity index is 403. The van der Waals surface area contributed by atoms with Gasteiger partial charge in [0.05, 0.1) is 5.56 Å². The Morgan fingerprint density at radius 2 is 2.29 bits per heavy atom. The van der Waals surface area contributed by atoms with E-state index in [1.807, 2.05) is 12.1 Å². The maximum absolute atomic E-state index is 10.9. The van der Waals surface area contributed by atoms with Crippen LogP contribution in [0.15, 0.2) is 24.3 Å². The molecule has 1 aromatic carbocycles. The van der Waals surface area contributed by atoms with Gasteiger partial charge in [-0.05, 0) is 44.0 Å². The van der Waals surface area contributed by atoms with Crippen molar-refractivity contribution in [3.05, 3.63) is 35.4 Å². The first-order chi connectivity index (χ1) is 8.16. The van der Waals surface area contributed by atoms with Gasteiger partial charge in [0, 0.05) is 12.6 Å². The van der Waals surface area contributed by atoms with Gasteiger partial charge in [-0.3, -0.25) is 4.90 Å². The monoisotopic (exact) mass is 233 g/mol. The average Bonchev–Trinajstić information content (AvgIpc) is 2.32. The fourth-order valence-electron chi connectivity index (χ4n) is 2.43. The van der Waals surface area contributed by atoms with Crippen LogP contribution in [0.5, 0.6) is 0 Å². The third kappa shape index (κ3) is 3.07. The van der Waals surface area contributed by atoms with Crippen molar-refractivity contribution in [2.45, 2.75) is 38.8 Å². The van der Waals surface area contributed by atoms with E-state index in [0.717, 1.165) is 18.7 Å². The highest BCUT2D eigenvalue weighted by atomic mass is 16.4. The minimum Gasteiger partial charge on any atom is -0.478 e. The van der Waals surface area contributed by atoms with Crippen molar-refractivity contribution >= 4 is 5.97 Å². The van der Waals surface area contributed by atoms with Crippen LogP contribution in [0.4, 0.5) is 0 Å². The molecule has 1 N–H and O–H groups in total. The lowest BCUT2D eigenvalue weighted by molar-refractivity contribution is 0.0696. The van der Waals surface area contributed by atoms with Crippen molar-refractivity contribution in [1.82, 2.24) is 4.90 Å². The smallest absolute Gasteiger partial charge is 0.335 e. The summed E-state index contributed by atoms with van der Waals surface area (Å²) in [6.07, 6.45) is 3.81. The van der Waals surface area contributed by atoms with Crippen molar-refractivity contribution in [2.24, 2.45) is 0 Å². The summed E-state index contributed by atoms with van der Waals surface area (Å²) in [7, 11) is 0. The number of carbonyl (C=O) groups is 1. The largest absolute Gasteiger partial charge is 0.478 e. The first kappa shape index (κ1) is 12.1. The van der Waals surface area contributed by atoms with E-state index in [1.165, 1.54) is 19.3 Å². The number of carboxylic acid groups (broad SMARTS) is 1. The second kappa shape index (κ2) is 5.32. The fourth-order valence-corrected chi connectivity index (χ4v) is 2.43. The van der Waals surface area contributed by atoms with Crippen LogP contribution in [0, 0.1) is 0 Å². The van der Waals surface area contributed by atoms with Crippen LogP contribution < -0.4 is 0 Å². The Balaban J connectivity index is 2.07. The van der Waals surface area contributed by atoms with E-state index in [2.05, 4.69) is 11.8 Å². The van der Waals surface area contributed by atoms with E-state index >= 15 is 0 Å². The number of piperidine rings is 1. The SMILES string of the molecule is C[C@@H]1CCCCN1Cc1cccc(C(=O)O)c1. The number of likely N-dealkylation sites (tertiary alicyclic amines) is 1. The van der Waals surface area contributed by atoms with Gasteiger partial charge in [-0.15, -0.1) is 0 Å². The van der Waals surface area contributed by atoms with Gasteiger partial charge in [0.15, 0.2) is 0 Å². The van der Waals surface area contributed by atoms with Gasteiger partial charge in [-0.2, -0.15) is 0 Å². The molecule has 1 aliphatic rings. The highest BCUT2D eigenvalue weighted by molar-refractivity contribution is 5.87. The molecule has 0 aromatic heterocycles. The van der Waals surface area contributed by atoms with Gasteiger partial charge in [-0.25, -0.2) is 4.79 Å². The molecule has 2 rings (SSSR count). The number of carboxylic acids is 1. The first-order valence-corrected chi connectivity index (χ1v) is 6.23. The molecule has 0 bridgehead atoms. The summed E-state index contributed by atoms with van der Waals surface area (Å²) in [5.41, 5.74) is 1.48. The fraction of sp³-hybridized carbons (Fsp3) is 0.500. The minimum atomic E-state index is -0.849. The van der Waals surface area contributed by atoms with E-state index in [9.17, 15) is 4.79 Å². The number of rotatable bonds is 3. The third-order valence-corrected chi connectivity index (χ3v) is 3.50. The zero-order valence-corrected chi connectivity index (χ0v) is 10.2. The van der Waals surface area contributed by atoms with Gasteiger partial charge in [0.1, 0.15) is 0 Å². The van der Waals surface area contributed by atoms with Crippen molar-refractivity contribution in [1.29, 1.82) is 0 Å². The second-order valence-corrected chi connectivity index (χ2v) is 4.82. The predicted octanol–water partition coefficient (Wildman–Crippen LogP) is 2.76. The van der Waals surface area contributed by atoms with E-state index in [0.29, 0.717) is 11.6 Å². The number of hydrogen-bond donors (Lipinski definition) is 1. The first-order valence-electron chi connectivity index (χ1n) is 6.23. The highest BCUT2D eigenvalue weighted by Crippen LogP contribution is 2.19. The number of nitrogens with zero attached hydrogens (tertiary/aromatic N) is 1. The summed E-state index contributed by atoms with van der Waals surface area (Å²) < 4.78 is 0. The van der Waals surface area contributed by atoms with E-state index in [4.69, 9.17) is 5.11 Å². The van der Waals surface area contributed by atoms with Gasteiger partial charge < -0.3 is 5.11 Å². The molecular weight excluding hydrogens is 214 g/mol. The summed E-state index contributed by atoms with van der Waals surface area (Å²) in [6.45, 7) is 4.24. The summed E-state index contributed by atoms with van der Waals surface area (Å²) in [6, 6.07) is 7.87. The lowest BCUT2D eigenvalue weighted by atomic mass is 10.0. The molecule has 1 heterocycles. The molecule has 0 spiro atoms. The maximum atomic E-state index is 10.9. The molecule has 0 radical (unpaired) electrons. The summed E-state index contributed by atoms with van der Waals surface area (Å²) >= 11 is 0. The van der Waals surface area contributed by atoms with E-state index < -0.39 is 5.97 Å². The second-order valence-electron chi connectivity index (χ2n) is 4.82. The Labute approximate surface area is 102 Å². The van der Waals surface area contributed by atoms with Crippen LogP contribution in [-0.4, -0.2) is 28.6 Å². The normalized spacial score (nSPS) is 21.4. The molecule has 17 heavy (non-hydrogen) atoms. The van der Waals surface area contributed by atoms with Crippen LogP contribution in [0.2, 0.25) is 0 Å². The Kier molecular flexibility index (Phi) is 3.79. The predicted molar refractivity (Wildman–Crippen MR) is 67.1 cm³/mol. The topological polar surface area (TPSA) is 40.5 Å². The van der Waals surface area contributed by atoms with Crippen LogP contribution in [0.1, 0.15) is 42.1 Å². The molecule has 92 valence electrons. The summed E-state index contributed by atoms with van der Waals surface area (Å²) in [4.78, 5) is 13.3. The molecule has 0 amide bonds. The molecule has 3 nitrogen and oxygen atoms in total. The van der Waals surface area contributed by atoms with Crippen molar-refractivity contribution < 1.29 is 9.90 Å².